The Hall–Kier alpha value is -1.08. The third-order valence-corrected chi connectivity index (χ3v) is 5.54. The van der Waals surface area contributed by atoms with Gasteiger partial charge in [0.1, 0.15) is 9.84 Å². The Kier molecular flexibility index (Phi) is 6.69. The van der Waals surface area contributed by atoms with Crippen LogP contribution in [0.25, 0.3) is 0 Å². The maximum atomic E-state index is 11.3. The molecule has 0 radical (unpaired) electrons. The summed E-state index contributed by atoms with van der Waals surface area (Å²) in [6.45, 7) is 4.66. The molecule has 1 fully saturated rings. The molecule has 24 heavy (non-hydrogen) atoms. The minimum absolute atomic E-state index is 0.0578. The van der Waals surface area contributed by atoms with Gasteiger partial charge >= 0.3 is 0 Å². The number of hydrogen-bond acceptors (Lipinski definition) is 3. The number of benzene rings is 1. The van der Waals surface area contributed by atoms with Crippen molar-refractivity contribution in [2.45, 2.75) is 44.7 Å². The largest absolute Gasteiger partial charge is 0.354 e. The molecule has 2 rings (SSSR count). The van der Waals surface area contributed by atoms with Gasteiger partial charge in [-0.2, -0.15) is 0 Å². The Labute approximate surface area is 153 Å². The van der Waals surface area contributed by atoms with Gasteiger partial charge in [-0.1, -0.05) is 28.1 Å². The first-order chi connectivity index (χ1) is 11.3. The fraction of sp³-hybridized carbons (Fsp3) is 0.588. The van der Waals surface area contributed by atoms with Crippen molar-refractivity contribution >= 4 is 31.7 Å². The van der Waals surface area contributed by atoms with Crippen LogP contribution in [0.3, 0.4) is 0 Å². The molecule has 1 saturated carbocycles. The van der Waals surface area contributed by atoms with Gasteiger partial charge in [-0.05, 0) is 44.4 Å². The van der Waals surface area contributed by atoms with Crippen LogP contribution in [0.2, 0.25) is 0 Å². The van der Waals surface area contributed by atoms with Gasteiger partial charge in [0.15, 0.2) is 5.96 Å². The molecule has 0 aliphatic heterocycles. The molecule has 3 atom stereocenters. The number of guanidine groups is 1. The highest BCUT2D eigenvalue weighted by Crippen LogP contribution is 2.40. The van der Waals surface area contributed by atoms with Crippen LogP contribution in [-0.2, 0) is 9.84 Å². The molecule has 1 aliphatic rings. The molecule has 0 bridgehead atoms. The molecular weight excluding hydrogens is 390 g/mol. The Morgan fingerprint density at radius 3 is 2.62 bits per heavy atom. The fourth-order valence-electron chi connectivity index (χ4n) is 2.60. The van der Waals surface area contributed by atoms with Gasteiger partial charge in [-0.25, -0.2) is 8.42 Å². The molecule has 1 aliphatic carbocycles. The van der Waals surface area contributed by atoms with Gasteiger partial charge in [-0.15, -0.1) is 0 Å². The number of halogens is 1. The molecule has 7 heteroatoms. The van der Waals surface area contributed by atoms with Crippen LogP contribution in [0.15, 0.2) is 33.7 Å². The van der Waals surface area contributed by atoms with Crippen LogP contribution >= 0.6 is 15.9 Å². The molecule has 2 N–H and O–H groups in total. The smallest absolute Gasteiger partial charge is 0.191 e. The Morgan fingerprint density at radius 1 is 1.38 bits per heavy atom. The van der Waals surface area contributed by atoms with E-state index < -0.39 is 9.84 Å². The van der Waals surface area contributed by atoms with Crippen LogP contribution in [0, 0.1) is 0 Å². The zero-order valence-corrected chi connectivity index (χ0v) is 16.8. The molecule has 0 amide bonds. The van der Waals surface area contributed by atoms with Crippen molar-refractivity contribution in [2.75, 3.05) is 18.6 Å². The first kappa shape index (κ1) is 19.2. The summed E-state index contributed by atoms with van der Waals surface area (Å²) in [5, 5.41) is 6.77. The molecule has 134 valence electrons. The van der Waals surface area contributed by atoms with E-state index >= 15 is 0 Å². The summed E-state index contributed by atoms with van der Waals surface area (Å²) < 4.78 is 23.7. The van der Waals surface area contributed by atoms with E-state index in [4.69, 9.17) is 0 Å². The lowest BCUT2D eigenvalue weighted by Gasteiger charge is -2.18. The van der Waals surface area contributed by atoms with Crippen molar-refractivity contribution in [3.8, 4) is 0 Å². The average Bonchev–Trinajstić information content (AvgIpc) is 3.24. The predicted molar refractivity (Wildman–Crippen MR) is 103 cm³/mol. The zero-order chi connectivity index (χ0) is 17.7. The monoisotopic (exact) mass is 415 g/mol. The number of sulfone groups is 1. The van der Waals surface area contributed by atoms with E-state index in [0.29, 0.717) is 24.9 Å². The zero-order valence-electron chi connectivity index (χ0n) is 14.4. The predicted octanol–water partition coefficient (Wildman–Crippen LogP) is 2.68. The fourth-order valence-corrected chi connectivity index (χ4v) is 3.64. The summed E-state index contributed by atoms with van der Waals surface area (Å²) in [5.74, 6) is 1.46. The minimum atomic E-state index is -2.93. The quantitative estimate of drug-likeness (QED) is 0.530. The third-order valence-electron chi connectivity index (χ3n) is 4.03. The van der Waals surface area contributed by atoms with Crippen LogP contribution in [0.4, 0.5) is 0 Å². The van der Waals surface area contributed by atoms with Crippen molar-refractivity contribution in [3.05, 3.63) is 34.3 Å². The summed E-state index contributed by atoms with van der Waals surface area (Å²) in [7, 11) is -2.93. The van der Waals surface area contributed by atoms with Crippen molar-refractivity contribution in [1.29, 1.82) is 0 Å². The van der Waals surface area contributed by atoms with Crippen LogP contribution in [0.1, 0.15) is 38.2 Å². The molecule has 0 saturated heterocycles. The van der Waals surface area contributed by atoms with Crippen LogP contribution < -0.4 is 10.6 Å². The maximum absolute atomic E-state index is 11.3. The van der Waals surface area contributed by atoms with Gasteiger partial charge in [0.25, 0.3) is 0 Å². The lowest BCUT2D eigenvalue weighted by molar-refractivity contribution is 0.580. The van der Waals surface area contributed by atoms with E-state index in [1.54, 1.807) is 0 Å². The molecule has 0 heterocycles. The number of rotatable bonds is 7. The lowest BCUT2D eigenvalue weighted by atomic mass is 10.1. The highest BCUT2D eigenvalue weighted by Gasteiger charge is 2.39. The number of nitrogens with zero attached hydrogens (tertiary/aromatic N) is 1. The molecule has 1 aromatic rings. The van der Waals surface area contributed by atoms with E-state index in [2.05, 4.69) is 55.8 Å². The van der Waals surface area contributed by atoms with E-state index in [1.165, 1.54) is 11.8 Å². The second-order valence-corrected chi connectivity index (χ2v) is 9.61. The topological polar surface area (TPSA) is 70.6 Å². The molecule has 0 aromatic heterocycles. The van der Waals surface area contributed by atoms with E-state index in [1.807, 2.05) is 13.8 Å². The molecule has 0 spiro atoms. The lowest BCUT2D eigenvalue weighted by Crippen LogP contribution is -2.44. The number of aliphatic imine (C=N–C) groups is 1. The summed E-state index contributed by atoms with van der Waals surface area (Å²) in [6, 6.07) is 8.87. The number of hydrogen-bond donors (Lipinski definition) is 2. The SMILES string of the molecule is CCN=C(NC(C)CCS(C)(=O)=O)NC1CC1c1ccc(Br)cc1. The molecule has 3 unspecified atom stereocenters. The third kappa shape index (κ3) is 6.43. The number of nitrogens with one attached hydrogen (secondary N) is 2. The summed E-state index contributed by atoms with van der Waals surface area (Å²) in [6.07, 6.45) is 2.93. The first-order valence-electron chi connectivity index (χ1n) is 8.29. The highest BCUT2D eigenvalue weighted by atomic mass is 79.9. The van der Waals surface area contributed by atoms with Crippen LogP contribution in [0.5, 0.6) is 0 Å². The summed E-state index contributed by atoms with van der Waals surface area (Å²) in [5.41, 5.74) is 1.33. The van der Waals surface area contributed by atoms with Gasteiger partial charge in [-0.3, -0.25) is 4.99 Å². The average molecular weight is 416 g/mol. The van der Waals surface area contributed by atoms with Gasteiger partial charge in [0, 0.05) is 35.3 Å². The van der Waals surface area contributed by atoms with Crippen molar-refractivity contribution < 1.29 is 8.42 Å². The normalized spacial score (nSPS) is 22.1. The second-order valence-electron chi connectivity index (χ2n) is 6.43. The van der Waals surface area contributed by atoms with Crippen molar-refractivity contribution in [1.82, 2.24) is 10.6 Å². The van der Waals surface area contributed by atoms with Crippen LogP contribution in [-0.4, -0.2) is 45.0 Å². The van der Waals surface area contributed by atoms with Gasteiger partial charge < -0.3 is 10.6 Å². The highest BCUT2D eigenvalue weighted by molar-refractivity contribution is 9.10. The second kappa shape index (κ2) is 8.34. The molecule has 5 nitrogen and oxygen atoms in total. The molecule has 1 aromatic carbocycles. The summed E-state index contributed by atoms with van der Waals surface area (Å²) >= 11 is 3.46. The van der Waals surface area contributed by atoms with Gasteiger partial charge in [0.2, 0.25) is 0 Å². The Balaban J connectivity index is 1.86. The van der Waals surface area contributed by atoms with E-state index in [0.717, 1.165) is 16.9 Å². The van der Waals surface area contributed by atoms with Crippen molar-refractivity contribution in [2.24, 2.45) is 4.99 Å². The van der Waals surface area contributed by atoms with Crippen molar-refractivity contribution in [3.63, 3.8) is 0 Å². The van der Waals surface area contributed by atoms with Gasteiger partial charge in [0.05, 0.1) is 5.75 Å². The Bertz CT molecular complexity index is 674. The minimum Gasteiger partial charge on any atom is -0.354 e. The summed E-state index contributed by atoms with van der Waals surface area (Å²) in [4.78, 5) is 4.47. The van der Waals surface area contributed by atoms with E-state index in [9.17, 15) is 8.42 Å². The van der Waals surface area contributed by atoms with E-state index in [-0.39, 0.29) is 11.8 Å². The maximum Gasteiger partial charge on any atom is 0.191 e. The Morgan fingerprint density at radius 2 is 2.04 bits per heavy atom. The molecular formula is C17H26BrN3O2S. The standard InChI is InChI=1S/C17H26BrN3O2S/c1-4-19-17(20-12(2)9-10-24(3,22)23)21-16-11-15(16)13-5-7-14(18)8-6-13/h5-8,12,15-16H,4,9-11H2,1-3H3,(H2,19,20,21). The first-order valence-corrected chi connectivity index (χ1v) is 11.1.